The molecule has 0 saturated carbocycles. The molecule has 4 aromatic rings. The Balaban J connectivity index is 0.00000486. The minimum absolute atomic E-state index is 0. The summed E-state index contributed by atoms with van der Waals surface area (Å²) in [5.41, 5.74) is 7.16. The molecule has 6 rings (SSSR count). The Morgan fingerprint density at radius 1 is 0.700 bits per heavy atom. The van der Waals surface area contributed by atoms with Crippen LogP contribution in [0.1, 0.15) is 90.2 Å². The molecule has 2 heterocycles. The van der Waals surface area contributed by atoms with Crippen LogP contribution in [0.4, 0.5) is 11.4 Å². The average Bonchev–Trinajstić information content (AvgIpc) is 3.42. The van der Waals surface area contributed by atoms with Crippen LogP contribution in [0, 0.1) is 0 Å². The lowest BCUT2D eigenvalue weighted by Crippen LogP contribution is -3.00. The molecule has 6 nitrogen and oxygen atoms in total. The lowest BCUT2D eigenvalue weighted by Gasteiger charge is -2.27. The molecule has 0 unspecified atom stereocenters. The zero-order chi connectivity index (χ0) is 34.8. The fourth-order valence-electron chi connectivity index (χ4n) is 8.23. The van der Waals surface area contributed by atoms with Crippen LogP contribution >= 0.6 is 0 Å². The van der Waals surface area contributed by atoms with Gasteiger partial charge in [0.25, 0.3) is 0 Å². The zero-order valence-electron chi connectivity index (χ0n) is 29.7. The number of benzene rings is 4. The molecule has 0 amide bonds. The normalized spacial score (nSPS) is 16.7. The second-order valence-corrected chi connectivity index (χ2v) is 14.6. The Morgan fingerprint density at radius 2 is 1.28 bits per heavy atom. The number of carbonyl (C=O) groups is 2. The number of unbranched alkanes of at least 4 members (excludes halogenated alkanes) is 4. The quantitative estimate of drug-likeness (QED) is 0.109. The topological polar surface area (TPSA) is 80.9 Å². The van der Waals surface area contributed by atoms with Gasteiger partial charge in [-0.1, -0.05) is 80.9 Å². The molecule has 0 aliphatic carbocycles. The maximum atomic E-state index is 11.1. The lowest BCUT2D eigenvalue weighted by molar-refractivity contribution is -0.438. The Labute approximate surface area is 306 Å². The number of aliphatic carboxylic acids is 2. The van der Waals surface area contributed by atoms with E-state index in [2.05, 4.69) is 128 Å². The van der Waals surface area contributed by atoms with Crippen molar-refractivity contribution in [1.82, 2.24) is 0 Å². The molecule has 0 bridgehead atoms. The third-order valence-electron chi connectivity index (χ3n) is 10.6. The van der Waals surface area contributed by atoms with Crippen LogP contribution in [-0.2, 0) is 20.4 Å². The minimum Gasteiger partial charge on any atom is -1.00 e. The van der Waals surface area contributed by atoms with Gasteiger partial charge in [-0.25, -0.2) is 0 Å². The van der Waals surface area contributed by atoms with Crippen LogP contribution in [-0.4, -0.2) is 45.5 Å². The van der Waals surface area contributed by atoms with Gasteiger partial charge in [0.2, 0.25) is 5.69 Å². The predicted octanol–water partition coefficient (Wildman–Crippen LogP) is 6.90. The van der Waals surface area contributed by atoms with Gasteiger partial charge in [-0.3, -0.25) is 9.59 Å². The fourth-order valence-corrected chi connectivity index (χ4v) is 8.23. The molecule has 0 fully saturated rings. The van der Waals surface area contributed by atoms with E-state index in [9.17, 15) is 9.59 Å². The number of anilines is 1. The zero-order valence-corrected chi connectivity index (χ0v) is 31.3. The smallest absolute Gasteiger partial charge is 0.303 e. The highest BCUT2D eigenvalue weighted by atomic mass is 79.9. The lowest BCUT2D eigenvalue weighted by atomic mass is 9.79. The van der Waals surface area contributed by atoms with E-state index in [4.69, 9.17) is 10.2 Å². The van der Waals surface area contributed by atoms with Crippen molar-refractivity contribution in [3.05, 3.63) is 108 Å². The number of hydrogen-bond donors (Lipinski definition) is 2. The number of allylic oxidation sites excluding steroid dienone is 4. The maximum absolute atomic E-state index is 11.1. The molecule has 50 heavy (non-hydrogen) atoms. The van der Waals surface area contributed by atoms with Crippen molar-refractivity contribution in [3.8, 4) is 0 Å². The average molecular weight is 738 g/mol. The van der Waals surface area contributed by atoms with Crippen molar-refractivity contribution in [3.63, 3.8) is 0 Å². The SMILES string of the molecule is CC1(C)C(/C=C/C=C2\N(CCCCCC(=O)O)c3ccc4ccccc4c3C2(C)C)=[N+](CCCCCC(=O)O)c2ccc3ccccc3c21.[Br-]. The molecular weight excluding hydrogens is 688 g/mol. The van der Waals surface area contributed by atoms with E-state index in [1.54, 1.807) is 0 Å². The number of halogens is 1. The Morgan fingerprint density at radius 3 is 1.92 bits per heavy atom. The summed E-state index contributed by atoms with van der Waals surface area (Å²) in [6.07, 6.45) is 12.2. The number of nitrogens with zero attached hydrogens (tertiary/aromatic N) is 2. The van der Waals surface area contributed by atoms with E-state index >= 15 is 0 Å². The number of carboxylic acids is 2. The maximum Gasteiger partial charge on any atom is 0.303 e. The van der Waals surface area contributed by atoms with Crippen LogP contribution in [0.3, 0.4) is 0 Å². The largest absolute Gasteiger partial charge is 1.00 e. The molecular formula is C43H49BrN2O4. The first-order valence-electron chi connectivity index (χ1n) is 17.8. The molecule has 2 aliphatic heterocycles. The first kappa shape index (κ1) is 37.0. The van der Waals surface area contributed by atoms with Gasteiger partial charge in [0.15, 0.2) is 5.71 Å². The van der Waals surface area contributed by atoms with Gasteiger partial charge in [0.05, 0.1) is 5.41 Å². The highest BCUT2D eigenvalue weighted by molar-refractivity contribution is 6.07. The second kappa shape index (κ2) is 15.3. The third kappa shape index (κ3) is 7.16. The van der Waals surface area contributed by atoms with Crippen molar-refractivity contribution >= 4 is 50.6 Å². The summed E-state index contributed by atoms with van der Waals surface area (Å²) in [6.45, 7) is 10.9. The molecule has 262 valence electrons. The van der Waals surface area contributed by atoms with Crippen LogP contribution in [0.25, 0.3) is 21.5 Å². The van der Waals surface area contributed by atoms with Gasteiger partial charge < -0.3 is 32.1 Å². The number of carboxylic acid groups (broad SMARTS) is 2. The van der Waals surface area contributed by atoms with Crippen LogP contribution in [0.2, 0.25) is 0 Å². The highest BCUT2D eigenvalue weighted by Crippen LogP contribution is 2.51. The first-order valence-corrected chi connectivity index (χ1v) is 17.8. The molecule has 0 saturated heterocycles. The fraction of sp³-hybridized carbons (Fsp3) is 0.372. The van der Waals surface area contributed by atoms with E-state index in [0.29, 0.717) is 12.8 Å². The van der Waals surface area contributed by atoms with Gasteiger partial charge in [-0.15, -0.1) is 0 Å². The Bertz CT molecular complexity index is 2010. The van der Waals surface area contributed by atoms with Crippen LogP contribution in [0.5, 0.6) is 0 Å². The van der Waals surface area contributed by atoms with Crippen molar-refractivity contribution in [1.29, 1.82) is 0 Å². The summed E-state index contributed by atoms with van der Waals surface area (Å²) < 4.78 is 2.46. The molecule has 0 radical (unpaired) electrons. The molecule has 0 atom stereocenters. The number of rotatable bonds is 14. The van der Waals surface area contributed by atoms with Gasteiger partial charge in [-0.05, 0) is 84.8 Å². The van der Waals surface area contributed by atoms with Gasteiger partial charge in [-0.2, -0.15) is 4.58 Å². The van der Waals surface area contributed by atoms with Crippen molar-refractivity contribution in [2.45, 2.75) is 89.9 Å². The molecule has 0 spiro atoms. The van der Waals surface area contributed by atoms with Gasteiger partial charge in [0.1, 0.15) is 6.54 Å². The molecule has 0 aromatic heterocycles. The Hall–Kier alpha value is -4.23. The highest BCUT2D eigenvalue weighted by Gasteiger charge is 2.45. The van der Waals surface area contributed by atoms with E-state index in [0.717, 1.165) is 38.8 Å². The first-order chi connectivity index (χ1) is 23.5. The minimum atomic E-state index is -0.735. The number of fused-ring (bicyclic) bond motifs is 6. The summed E-state index contributed by atoms with van der Waals surface area (Å²) in [5.74, 6) is -1.47. The van der Waals surface area contributed by atoms with E-state index in [-0.39, 0.29) is 40.7 Å². The van der Waals surface area contributed by atoms with Crippen molar-refractivity contribution in [2.24, 2.45) is 0 Å². The summed E-state index contributed by atoms with van der Waals surface area (Å²) >= 11 is 0. The molecule has 2 aliphatic rings. The second-order valence-electron chi connectivity index (χ2n) is 14.6. The molecule has 4 aromatic carbocycles. The van der Waals surface area contributed by atoms with Crippen molar-refractivity contribution in [2.75, 3.05) is 18.0 Å². The summed E-state index contributed by atoms with van der Waals surface area (Å²) in [7, 11) is 0. The standard InChI is InChI=1S/C43H48N2O4.BrH/c1-42(2)36(44(28-13-5-7-22-38(46)47)34-26-24-30-16-9-11-18-32(30)40(34)42)20-15-21-37-43(3,4)41-33-19-12-10-17-31(33)25-27-35(41)45(37)29-14-6-8-23-39(48)49;/h9-12,15-21,24-27H,5-8,13-14,22-23,28-29H2,1-4H3,(H-,46,47,48,49);1H. The predicted molar refractivity (Wildman–Crippen MR) is 201 cm³/mol. The monoisotopic (exact) mass is 736 g/mol. The molecule has 2 N–H and O–H groups in total. The third-order valence-corrected chi connectivity index (χ3v) is 10.6. The van der Waals surface area contributed by atoms with Crippen molar-refractivity contribution < 1.29 is 41.4 Å². The van der Waals surface area contributed by atoms with Crippen LogP contribution < -0.4 is 21.9 Å². The van der Waals surface area contributed by atoms with E-state index in [1.807, 2.05) is 0 Å². The van der Waals surface area contributed by atoms with Gasteiger partial charge in [0, 0.05) is 60.3 Å². The number of hydrogen-bond acceptors (Lipinski definition) is 3. The van der Waals surface area contributed by atoms with Crippen LogP contribution in [0.15, 0.2) is 96.7 Å². The van der Waals surface area contributed by atoms with E-state index < -0.39 is 11.9 Å². The van der Waals surface area contributed by atoms with E-state index in [1.165, 1.54) is 55.5 Å². The summed E-state index contributed by atoms with van der Waals surface area (Å²) in [5, 5.41) is 23.3. The Kier molecular flexibility index (Phi) is 11.4. The van der Waals surface area contributed by atoms with Gasteiger partial charge >= 0.3 is 11.9 Å². The molecule has 7 heteroatoms. The summed E-state index contributed by atoms with van der Waals surface area (Å²) in [4.78, 5) is 24.7. The summed E-state index contributed by atoms with van der Waals surface area (Å²) in [6, 6.07) is 26.2.